The second-order valence-corrected chi connectivity index (χ2v) is 9.36. The van der Waals surface area contributed by atoms with Crippen LogP contribution in [-0.4, -0.2) is 53.8 Å². The zero-order valence-corrected chi connectivity index (χ0v) is 20.7. The molecule has 33 heavy (non-hydrogen) atoms. The van der Waals surface area contributed by atoms with Crippen molar-refractivity contribution in [3.8, 4) is 5.75 Å². The number of hydrogen-bond donors (Lipinski definition) is 2. The van der Waals surface area contributed by atoms with Crippen molar-refractivity contribution in [2.24, 2.45) is 5.92 Å². The predicted octanol–water partition coefficient (Wildman–Crippen LogP) is 4.82. The lowest BCUT2D eigenvalue weighted by Crippen LogP contribution is -2.43. The first-order valence-corrected chi connectivity index (χ1v) is 12.3. The highest BCUT2D eigenvalue weighted by atomic mass is 16.6. The molecule has 0 amide bonds. The van der Waals surface area contributed by atoms with Gasteiger partial charge < -0.3 is 24.4 Å². The Bertz CT molecular complexity index is 729. The summed E-state index contributed by atoms with van der Waals surface area (Å²) in [4.78, 5) is 11.2. The van der Waals surface area contributed by atoms with E-state index in [1.807, 2.05) is 51.1 Å². The van der Waals surface area contributed by atoms with Crippen molar-refractivity contribution in [3.63, 3.8) is 0 Å². The van der Waals surface area contributed by atoms with Crippen molar-refractivity contribution in [3.05, 3.63) is 42.0 Å². The van der Waals surface area contributed by atoms with E-state index in [2.05, 4.69) is 10.8 Å². The minimum absolute atomic E-state index is 0.0407. The molecule has 0 bridgehead atoms. The highest BCUT2D eigenvalue weighted by Gasteiger charge is 2.37. The fraction of sp³-hybridized carbons (Fsp3) is 0.667. The van der Waals surface area contributed by atoms with Gasteiger partial charge in [0.15, 0.2) is 0 Å². The molecule has 3 unspecified atom stereocenters. The Kier molecular flexibility index (Phi) is 11.4. The molecular weight excluding hydrogens is 420 g/mol. The van der Waals surface area contributed by atoms with Crippen molar-refractivity contribution < 1.29 is 29.2 Å². The van der Waals surface area contributed by atoms with Gasteiger partial charge in [-0.15, -0.1) is 0 Å². The van der Waals surface area contributed by atoms with Crippen molar-refractivity contribution in [1.29, 1.82) is 0 Å². The van der Waals surface area contributed by atoms with Gasteiger partial charge in [0.05, 0.1) is 25.4 Å². The Hall–Kier alpha value is -1.89. The Morgan fingerprint density at radius 1 is 1.15 bits per heavy atom. The van der Waals surface area contributed by atoms with Gasteiger partial charge in [-0.1, -0.05) is 43.5 Å². The molecule has 1 saturated carbocycles. The van der Waals surface area contributed by atoms with Gasteiger partial charge in [-0.05, 0) is 57.7 Å². The molecule has 186 valence electrons. The first-order chi connectivity index (χ1) is 15.8. The number of esters is 1. The molecular formula is C27H42O6. The second-order valence-electron chi connectivity index (χ2n) is 9.36. The number of carbonyl (C=O) groups excluding carboxylic acids is 1. The second kappa shape index (κ2) is 13.7. The smallest absolute Gasteiger partial charge is 0.305 e. The van der Waals surface area contributed by atoms with Gasteiger partial charge in [0.1, 0.15) is 11.4 Å². The Balaban J connectivity index is 1.96. The number of ether oxygens (including phenoxy) is 3. The molecule has 4 atom stereocenters. The van der Waals surface area contributed by atoms with E-state index in [-0.39, 0.29) is 18.0 Å². The summed E-state index contributed by atoms with van der Waals surface area (Å²) >= 11 is 0. The standard InChI is InChI=1S/C27H42O6/c1-5-32-25(27(2,3)33-20-13-9-8-10-14-20)18-17-22-21(23(28)19-24(22)29)15-11-6-7-12-16-26(30)31-4/h8-10,13-14,17,21,23-25,28-29H,5-7,11-12,15-16,18-19H2,1-4H3/b22-17+/t21?,23-,24?,25?/m0/s1. The van der Waals surface area contributed by atoms with Gasteiger partial charge in [-0.25, -0.2) is 0 Å². The Labute approximate surface area is 198 Å². The third-order valence-corrected chi connectivity index (χ3v) is 6.45. The lowest BCUT2D eigenvalue weighted by Gasteiger charge is -2.34. The normalized spacial score (nSPS) is 23.0. The lowest BCUT2D eigenvalue weighted by atomic mass is 9.90. The van der Waals surface area contributed by atoms with E-state index in [4.69, 9.17) is 9.47 Å². The average molecular weight is 463 g/mol. The summed E-state index contributed by atoms with van der Waals surface area (Å²) in [6.07, 6.45) is 6.67. The molecule has 2 N–H and O–H groups in total. The summed E-state index contributed by atoms with van der Waals surface area (Å²) in [5, 5.41) is 21.1. The molecule has 6 heteroatoms. The highest BCUT2D eigenvalue weighted by molar-refractivity contribution is 5.68. The maximum atomic E-state index is 11.2. The van der Waals surface area contributed by atoms with Crippen LogP contribution < -0.4 is 4.74 Å². The van der Waals surface area contributed by atoms with E-state index < -0.39 is 17.8 Å². The summed E-state index contributed by atoms with van der Waals surface area (Å²) < 4.78 is 16.9. The Morgan fingerprint density at radius 3 is 2.52 bits per heavy atom. The van der Waals surface area contributed by atoms with E-state index in [1.165, 1.54) is 7.11 Å². The molecule has 2 rings (SSSR count). The van der Waals surface area contributed by atoms with E-state index in [0.29, 0.717) is 25.9 Å². The number of aliphatic hydroxyl groups is 2. The van der Waals surface area contributed by atoms with Crippen LogP contribution in [0.15, 0.2) is 42.0 Å². The van der Waals surface area contributed by atoms with Gasteiger partial charge in [-0.2, -0.15) is 0 Å². The van der Waals surface area contributed by atoms with Crippen LogP contribution in [-0.2, 0) is 14.3 Å². The average Bonchev–Trinajstić information content (AvgIpc) is 3.05. The topological polar surface area (TPSA) is 85.2 Å². The largest absolute Gasteiger partial charge is 0.485 e. The maximum absolute atomic E-state index is 11.2. The first kappa shape index (κ1) is 27.4. The molecule has 0 aromatic heterocycles. The molecule has 0 radical (unpaired) electrons. The van der Waals surface area contributed by atoms with Gasteiger partial charge >= 0.3 is 5.97 Å². The minimum Gasteiger partial charge on any atom is -0.485 e. The fourth-order valence-electron chi connectivity index (χ4n) is 4.59. The molecule has 0 heterocycles. The van der Waals surface area contributed by atoms with Crippen LogP contribution in [0.3, 0.4) is 0 Å². The van der Waals surface area contributed by atoms with Gasteiger partial charge in [0.2, 0.25) is 0 Å². The molecule has 0 spiro atoms. The number of unbranched alkanes of at least 4 members (excludes halogenated alkanes) is 3. The predicted molar refractivity (Wildman–Crippen MR) is 129 cm³/mol. The molecule has 1 aromatic rings. The maximum Gasteiger partial charge on any atom is 0.305 e. The zero-order chi connectivity index (χ0) is 24.3. The lowest BCUT2D eigenvalue weighted by molar-refractivity contribution is -0.140. The van der Waals surface area contributed by atoms with E-state index >= 15 is 0 Å². The summed E-state index contributed by atoms with van der Waals surface area (Å²) in [5.41, 5.74) is 0.350. The summed E-state index contributed by atoms with van der Waals surface area (Å²) in [5.74, 6) is 0.583. The van der Waals surface area contributed by atoms with Crippen LogP contribution in [0.2, 0.25) is 0 Å². The van der Waals surface area contributed by atoms with Crippen LogP contribution in [0, 0.1) is 5.92 Å². The van der Waals surface area contributed by atoms with Gasteiger partial charge in [-0.3, -0.25) is 4.79 Å². The number of methoxy groups -OCH3 is 1. The van der Waals surface area contributed by atoms with Gasteiger partial charge in [0.25, 0.3) is 0 Å². The minimum atomic E-state index is -0.621. The number of hydrogen-bond acceptors (Lipinski definition) is 6. The molecule has 1 aromatic carbocycles. The molecule has 6 nitrogen and oxygen atoms in total. The van der Waals surface area contributed by atoms with Crippen LogP contribution >= 0.6 is 0 Å². The summed E-state index contributed by atoms with van der Waals surface area (Å²) in [6.45, 7) is 6.57. The molecule has 1 fully saturated rings. The Morgan fingerprint density at radius 2 is 1.85 bits per heavy atom. The number of benzene rings is 1. The van der Waals surface area contributed by atoms with Crippen LogP contribution in [0.25, 0.3) is 0 Å². The quantitative estimate of drug-likeness (QED) is 0.234. The van der Waals surface area contributed by atoms with Crippen LogP contribution in [0.1, 0.15) is 72.1 Å². The third kappa shape index (κ3) is 8.76. The van der Waals surface area contributed by atoms with E-state index in [0.717, 1.165) is 43.4 Å². The zero-order valence-electron chi connectivity index (χ0n) is 20.7. The molecule has 1 aliphatic rings. The van der Waals surface area contributed by atoms with Crippen molar-refractivity contribution in [2.75, 3.05) is 13.7 Å². The monoisotopic (exact) mass is 462 g/mol. The molecule has 1 aliphatic carbocycles. The third-order valence-electron chi connectivity index (χ3n) is 6.45. The van der Waals surface area contributed by atoms with Crippen molar-refractivity contribution >= 4 is 5.97 Å². The van der Waals surface area contributed by atoms with Crippen LogP contribution in [0.5, 0.6) is 5.75 Å². The van der Waals surface area contributed by atoms with E-state index in [1.54, 1.807) is 0 Å². The molecule has 0 saturated heterocycles. The molecule has 0 aliphatic heterocycles. The van der Waals surface area contributed by atoms with Gasteiger partial charge in [0, 0.05) is 25.4 Å². The number of carbonyl (C=O) groups is 1. The number of aliphatic hydroxyl groups excluding tert-OH is 2. The van der Waals surface area contributed by atoms with E-state index in [9.17, 15) is 15.0 Å². The number of para-hydroxylation sites is 1. The fourth-order valence-corrected chi connectivity index (χ4v) is 4.59. The SMILES string of the molecule is CCOC(C/C=C1/C(O)C[C@H](O)C1CCCCCCC(=O)OC)C(C)(C)Oc1ccccc1. The highest BCUT2D eigenvalue weighted by Crippen LogP contribution is 2.37. The van der Waals surface area contributed by atoms with Crippen LogP contribution in [0.4, 0.5) is 0 Å². The van der Waals surface area contributed by atoms with Crippen molar-refractivity contribution in [1.82, 2.24) is 0 Å². The first-order valence-electron chi connectivity index (χ1n) is 12.3. The summed E-state index contributed by atoms with van der Waals surface area (Å²) in [7, 11) is 1.41. The van der Waals surface area contributed by atoms with Crippen molar-refractivity contribution in [2.45, 2.75) is 96.1 Å². The summed E-state index contributed by atoms with van der Waals surface area (Å²) in [6, 6.07) is 9.71. The number of rotatable bonds is 14.